The highest BCUT2D eigenvalue weighted by Gasteiger charge is 2.42. The molecule has 2 saturated heterocycles. The van der Waals surface area contributed by atoms with E-state index in [-0.39, 0.29) is 29.7 Å². The van der Waals surface area contributed by atoms with Crippen LogP contribution in [0.2, 0.25) is 0 Å². The molecule has 232 valence electrons. The van der Waals surface area contributed by atoms with Gasteiger partial charge < -0.3 is 25.2 Å². The van der Waals surface area contributed by atoms with E-state index in [1.807, 2.05) is 75.4 Å². The van der Waals surface area contributed by atoms with Crippen molar-refractivity contribution in [3.05, 3.63) is 95.8 Å². The third-order valence-electron chi connectivity index (χ3n) is 8.66. The van der Waals surface area contributed by atoms with Crippen LogP contribution in [0, 0.1) is 11.2 Å². The van der Waals surface area contributed by atoms with Gasteiger partial charge in [-0.2, -0.15) is 0 Å². The SMILES string of the molecule is COC(=O)N[C@H](C(=O)N1CCC[C@H]1C(=O)Nc1ccc([C@H]2CC[C@H](c3ccccc3)N2c2ccc(F)cc2)cc1)C(C)(C)C. The summed E-state index contributed by atoms with van der Waals surface area (Å²) < 4.78 is 18.5. The molecule has 2 aliphatic rings. The van der Waals surface area contributed by atoms with Crippen molar-refractivity contribution in [2.75, 3.05) is 23.9 Å². The van der Waals surface area contributed by atoms with E-state index in [0.29, 0.717) is 25.1 Å². The molecule has 9 heteroatoms. The van der Waals surface area contributed by atoms with Crippen molar-refractivity contribution in [3.63, 3.8) is 0 Å². The van der Waals surface area contributed by atoms with Crippen LogP contribution < -0.4 is 15.5 Å². The molecule has 0 aliphatic carbocycles. The first-order chi connectivity index (χ1) is 21.1. The fraction of sp³-hybridized carbons (Fsp3) is 0.400. The Kier molecular flexibility index (Phi) is 9.22. The number of hydrogen-bond donors (Lipinski definition) is 2. The lowest BCUT2D eigenvalue weighted by molar-refractivity contribution is -0.140. The van der Waals surface area contributed by atoms with E-state index >= 15 is 0 Å². The lowest BCUT2D eigenvalue weighted by Gasteiger charge is -2.35. The van der Waals surface area contributed by atoms with Gasteiger partial charge in [-0.3, -0.25) is 9.59 Å². The smallest absolute Gasteiger partial charge is 0.407 e. The summed E-state index contributed by atoms with van der Waals surface area (Å²) in [5.41, 5.74) is 3.34. The maximum absolute atomic E-state index is 13.8. The summed E-state index contributed by atoms with van der Waals surface area (Å²) in [4.78, 5) is 42.9. The fourth-order valence-corrected chi connectivity index (χ4v) is 6.42. The van der Waals surface area contributed by atoms with Gasteiger partial charge in [0.2, 0.25) is 11.8 Å². The number of likely N-dealkylation sites (tertiary alicyclic amines) is 1. The number of ether oxygens (including phenoxy) is 1. The second kappa shape index (κ2) is 13.1. The molecule has 3 amide bonds. The minimum Gasteiger partial charge on any atom is -0.453 e. The summed E-state index contributed by atoms with van der Waals surface area (Å²) in [6, 6.07) is 23.6. The second-order valence-corrected chi connectivity index (χ2v) is 12.6. The molecule has 0 aromatic heterocycles. The molecule has 3 aromatic rings. The maximum Gasteiger partial charge on any atom is 0.407 e. The number of rotatable bonds is 7. The van der Waals surface area contributed by atoms with Crippen LogP contribution >= 0.6 is 0 Å². The Balaban J connectivity index is 1.31. The van der Waals surface area contributed by atoms with Crippen LogP contribution in [0.25, 0.3) is 0 Å². The molecule has 0 bridgehead atoms. The maximum atomic E-state index is 13.8. The normalized spacial score (nSPS) is 20.7. The van der Waals surface area contributed by atoms with Crippen molar-refractivity contribution >= 4 is 29.3 Å². The standard InChI is InChI=1S/C35H41FN4O4/c1-35(2,3)31(38-34(43)44-4)33(42)39-22-8-11-30(39)32(41)37-26-16-12-24(13-17-26)29-21-20-28(23-9-6-5-7-10-23)40(29)27-18-14-25(36)15-19-27/h5-7,9-10,12-19,28-31H,8,11,20-22H2,1-4H3,(H,37,41)(H,38,43)/t28-,29-,30+,31-/m1/s1. The van der Waals surface area contributed by atoms with Gasteiger partial charge in [-0.05, 0) is 78.6 Å². The van der Waals surface area contributed by atoms with E-state index in [1.165, 1.54) is 24.8 Å². The van der Waals surface area contributed by atoms with E-state index < -0.39 is 23.6 Å². The molecular weight excluding hydrogens is 559 g/mol. The van der Waals surface area contributed by atoms with E-state index in [4.69, 9.17) is 4.74 Å². The van der Waals surface area contributed by atoms with Crippen LogP contribution in [0.1, 0.15) is 69.7 Å². The first kappa shape index (κ1) is 31.0. The van der Waals surface area contributed by atoms with Crippen LogP contribution in [0.5, 0.6) is 0 Å². The fourth-order valence-electron chi connectivity index (χ4n) is 6.42. The Bertz CT molecular complexity index is 1460. The number of halogens is 1. The van der Waals surface area contributed by atoms with Gasteiger partial charge in [-0.15, -0.1) is 0 Å². The lowest BCUT2D eigenvalue weighted by Crippen LogP contribution is -2.57. The molecule has 0 spiro atoms. The second-order valence-electron chi connectivity index (χ2n) is 12.6. The van der Waals surface area contributed by atoms with Crippen molar-refractivity contribution in [2.45, 2.75) is 70.6 Å². The number of carbonyl (C=O) groups excluding carboxylic acids is 3. The van der Waals surface area contributed by atoms with E-state index in [1.54, 1.807) is 4.90 Å². The summed E-state index contributed by atoms with van der Waals surface area (Å²) in [6.45, 7) is 6.03. The van der Waals surface area contributed by atoms with Crippen molar-refractivity contribution < 1.29 is 23.5 Å². The molecule has 0 radical (unpaired) electrons. The molecule has 2 N–H and O–H groups in total. The molecule has 8 nitrogen and oxygen atoms in total. The van der Waals surface area contributed by atoms with Gasteiger partial charge in [0.1, 0.15) is 17.9 Å². The summed E-state index contributed by atoms with van der Waals surface area (Å²) in [5.74, 6) is -0.824. The number of methoxy groups -OCH3 is 1. The third kappa shape index (κ3) is 6.72. The van der Waals surface area contributed by atoms with Gasteiger partial charge in [-0.1, -0.05) is 63.2 Å². The molecule has 44 heavy (non-hydrogen) atoms. The number of alkyl carbamates (subject to hydrolysis) is 1. The molecular formula is C35H41FN4O4. The van der Waals surface area contributed by atoms with Crippen LogP contribution in [-0.2, 0) is 14.3 Å². The van der Waals surface area contributed by atoms with E-state index in [9.17, 15) is 18.8 Å². The zero-order valence-corrected chi connectivity index (χ0v) is 25.8. The average molecular weight is 601 g/mol. The van der Waals surface area contributed by atoms with Crippen LogP contribution in [0.15, 0.2) is 78.9 Å². The predicted molar refractivity (Wildman–Crippen MR) is 169 cm³/mol. The van der Waals surface area contributed by atoms with Gasteiger partial charge >= 0.3 is 6.09 Å². The largest absolute Gasteiger partial charge is 0.453 e. The molecule has 4 atom stereocenters. The Morgan fingerprint density at radius 1 is 0.864 bits per heavy atom. The van der Waals surface area contributed by atoms with Gasteiger partial charge in [-0.25, -0.2) is 9.18 Å². The highest BCUT2D eigenvalue weighted by molar-refractivity contribution is 5.98. The third-order valence-corrected chi connectivity index (χ3v) is 8.66. The Morgan fingerprint density at radius 3 is 2.07 bits per heavy atom. The quantitative estimate of drug-likeness (QED) is 0.319. The molecule has 2 heterocycles. The van der Waals surface area contributed by atoms with Gasteiger partial charge in [0.05, 0.1) is 19.2 Å². The first-order valence-corrected chi connectivity index (χ1v) is 15.2. The summed E-state index contributed by atoms with van der Waals surface area (Å²) >= 11 is 0. The topological polar surface area (TPSA) is 91.0 Å². The number of amides is 3. The molecule has 3 aromatic carbocycles. The number of carbonyl (C=O) groups is 3. The highest BCUT2D eigenvalue weighted by Crippen LogP contribution is 2.47. The molecule has 5 rings (SSSR count). The van der Waals surface area contributed by atoms with E-state index in [2.05, 4.69) is 27.7 Å². The highest BCUT2D eigenvalue weighted by atomic mass is 19.1. The van der Waals surface area contributed by atoms with Crippen molar-refractivity contribution in [3.8, 4) is 0 Å². The lowest BCUT2D eigenvalue weighted by atomic mass is 9.85. The molecule has 0 saturated carbocycles. The number of anilines is 2. The van der Waals surface area contributed by atoms with Crippen LogP contribution in [0.3, 0.4) is 0 Å². The number of benzene rings is 3. The molecule has 0 unspecified atom stereocenters. The zero-order chi connectivity index (χ0) is 31.4. The van der Waals surface area contributed by atoms with Gasteiger partial charge in [0.15, 0.2) is 0 Å². The Morgan fingerprint density at radius 2 is 1.48 bits per heavy atom. The summed E-state index contributed by atoms with van der Waals surface area (Å²) in [7, 11) is 1.26. The van der Waals surface area contributed by atoms with Crippen molar-refractivity contribution in [1.29, 1.82) is 0 Å². The van der Waals surface area contributed by atoms with Crippen LogP contribution in [-0.4, -0.2) is 48.5 Å². The monoisotopic (exact) mass is 600 g/mol. The van der Waals surface area contributed by atoms with Crippen LogP contribution in [0.4, 0.5) is 20.6 Å². The number of nitrogens with zero attached hydrogens (tertiary/aromatic N) is 2. The zero-order valence-electron chi connectivity index (χ0n) is 25.8. The predicted octanol–water partition coefficient (Wildman–Crippen LogP) is 6.61. The van der Waals surface area contributed by atoms with E-state index in [0.717, 1.165) is 24.1 Å². The van der Waals surface area contributed by atoms with Crippen molar-refractivity contribution in [1.82, 2.24) is 10.2 Å². The summed E-state index contributed by atoms with van der Waals surface area (Å²) in [6.07, 6.45) is 2.43. The Labute approximate surface area is 258 Å². The molecule has 2 fully saturated rings. The first-order valence-electron chi connectivity index (χ1n) is 15.2. The molecule has 2 aliphatic heterocycles. The summed E-state index contributed by atoms with van der Waals surface area (Å²) in [5, 5.41) is 5.65. The van der Waals surface area contributed by atoms with Gasteiger partial charge in [0, 0.05) is 17.9 Å². The minimum absolute atomic E-state index is 0.0787. The number of hydrogen-bond acceptors (Lipinski definition) is 5. The Hall–Kier alpha value is -4.40. The minimum atomic E-state index is -0.835. The van der Waals surface area contributed by atoms with Crippen molar-refractivity contribution in [2.24, 2.45) is 5.41 Å². The average Bonchev–Trinajstić information content (AvgIpc) is 3.69. The number of nitrogens with one attached hydrogen (secondary N) is 2. The van der Waals surface area contributed by atoms with Gasteiger partial charge in [0.25, 0.3) is 0 Å².